The number of nitrogens with two attached hydrogens (primary N) is 2. The molecular formula is C18H25N3O2. The molecule has 0 aliphatic carbocycles. The summed E-state index contributed by atoms with van der Waals surface area (Å²) >= 11 is 0. The highest BCUT2D eigenvalue weighted by atomic mass is 16.5. The van der Waals surface area contributed by atoms with Crippen LogP contribution in [0.5, 0.6) is 5.75 Å². The molecule has 124 valence electrons. The summed E-state index contributed by atoms with van der Waals surface area (Å²) in [5.74, 6) is 6.80. The van der Waals surface area contributed by atoms with Crippen molar-refractivity contribution < 1.29 is 9.84 Å². The number of hydrazine groups is 1. The molecule has 0 bridgehead atoms. The number of nitrogens with zero attached hydrogens (tertiary/aromatic N) is 1. The molecular weight excluding hydrogens is 290 g/mol. The maximum Gasteiger partial charge on any atom is 0.118 e. The summed E-state index contributed by atoms with van der Waals surface area (Å²) in [5, 5.41) is 11.8. The Hall–Kier alpha value is -1.92. The summed E-state index contributed by atoms with van der Waals surface area (Å²) in [5.41, 5.74) is 8.24. The summed E-state index contributed by atoms with van der Waals surface area (Å²) in [7, 11) is 1.63. The van der Waals surface area contributed by atoms with E-state index in [4.69, 9.17) is 16.3 Å². The highest BCUT2D eigenvalue weighted by molar-refractivity contribution is 5.27. The fourth-order valence-electron chi connectivity index (χ4n) is 2.43. The van der Waals surface area contributed by atoms with Crippen LogP contribution < -0.4 is 16.3 Å². The average molecular weight is 315 g/mol. The molecule has 0 amide bonds. The third kappa shape index (κ3) is 5.65. The third-order valence-corrected chi connectivity index (χ3v) is 3.77. The lowest BCUT2D eigenvalue weighted by molar-refractivity contribution is 0.0877. The Balaban J connectivity index is 1.82. The second-order valence-electron chi connectivity index (χ2n) is 5.70. The quantitative estimate of drug-likeness (QED) is 0.505. The van der Waals surface area contributed by atoms with Crippen LogP contribution >= 0.6 is 0 Å². The minimum absolute atomic E-state index is 0.319. The van der Waals surface area contributed by atoms with E-state index < -0.39 is 6.10 Å². The molecule has 0 fully saturated rings. The van der Waals surface area contributed by atoms with E-state index in [0.29, 0.717) is 19.5 Å². The number of aliphatic hydroxyl groups excluding tert-OH is 1. The van der Waals surface area contributed by atoms with Crippen LogP contribution in [0.2, 0.25) is 0 Å². The molecule has 5 heteroatoms. The Bertz CT molecular complexity index is 575. The summed E-state index contributed by atoms with van der Waals surface area (Å²) in [6, 6.07) is 17.2. The number of hydrogen-bond donors (Lipinski definition) is 3. The van der Waals surface area contributed by atoms with Crippen molar-refractivity contribution in [1.29, 1.82) is 0 Å². The lowest BCUT2D eigenvalue weighted by Crippen LogP contribution is -2.46. The van der Waals surface area contributed by atoms with E-state index in [1.807, 2.05) is 54.6 Å². The number of methoxy groups -OCH3 is 1. The molecule has 0 saturated carbocycles. The highest BCUT2D eigenvalue weighted by Gasteiger charge is 2.17. The lowest BCUT2D eigenvalue weighted by Gasteiger charge is -2.24. The van der Waals surface area contributed by atoms with Crippen LogP contribution in [0.15, 0.2) is 54.6 Å². The van der Waals surface area contributed by atoms with E-state index in [0.717, 1.165) is 16.9 Å². The first kappa shape index (κ1) is 17.4. The highest BCUT2D eigenvalue weighted by Crippen LogP contribution is 2.12. The maximum absolute atomic E-state index is 10.2. The largest absolute Gasteiger partial charge is 0.497 e. The standard InChI is InChI=1S/C18H25N3O2/c1-23-16-9-7-15(8-10-16)12-21(20)13-18(22)17(19)11-14-5-3-2-4-6-14/h2-10,17-18,22H,11-13,19-20H2,1H3/t17-,18-/m0/s1. The van der Waals surface area contributed by atoms with Gasteiger partial charge in [-0.3, -0.25) is 5.84 Å². The van der Waals surface area contributed by atoms with Gasteiger partial charge in [0.1, 0.15) is 5.75 Å². The van der Waals surface area contributed by atoms with Gasteiger partial charge < -0.3 is 15.6 Å². The fraction of sp³-hybridized carbons (Fsp3) is 0.333. The summed E-state index contributed by atoms with van der Waals surface area (Å²) < 4.78 is 5.13. The van der Waals surface area contributed by atoms with E-state index in [1.165, 1.54) is 0 Å². The first-order valence-electron chi connectivity index (χ1n) is 7.68. The van der Waals surface area contributed by atoms with Crippen LogP contribution in [-0.2, 0) is 13.0 Å². The van der Waals surface area contributed by atoms with Crippen molar-refractivity contribution in [2.75, 3.05) is 13.7 Å². The van der Waals surface area contributed by atoms with Crippen LogP contribution in [0.25, 0.3) is 0 Å². The van der Waals surface area contributed by atoms with E-state index in [-0.39, 0.29) is 6.04 Å². The third-order valence-electron chi connectivity index (χ3n) is 3.77. The zero-order chi connectivity index (χ0) is 16.7. The van der Waals surface area contributed by atoms with Crippen LogP contribution in [0.4, 0.5) is 0 Å². The molecule has 2 rings (SSSR count). The van der Waals surface area contributed by atoms with Gasteiger partial charge in [0.15, 0.2) is 0 Å². The van der Waals surface area contributed by atoms with Gasteiger partial charge in [-0.05, 0) is 29.7 Å². The van der Waals surface area contributed by atoms with Crippen LogP contribution in [0, 0.1) is 0 Å². The van der Waals surface area contributed by atoms with Crippen LogP contribution in [0.1, 0.15) is 11.1 Å². The van der Waals surface area contributed by atoms with Crippen molar-refractivity contribution in [3.05, 3.63) is 65.7 Å². The number of rotatable bonds is 8. The molecule has 0 unspecified atom stereocenters. The van der Waals surface area contributed by atoms with Gasteiger partial charge in [0.05, 0.1) is 13.2 Å². The Morgan fingerprint density at radius 2 is 1.70 bits per heavy atom. The van der Waals surface area contributed by atoms with Gasteiger partial charge in [-0.2, -0.15) is 0 Å². The first-order chi connectivity index (χ1) is 11.1. The number of benzene rings is 2. The molecule has 0 aliphatic rings. The summed E-state index contributed by atoms with van der Waals surface area (Å²) in [6.07, 6.45) is -0.0586. The monoisotopic (exact) mass is 315 g/mol. The second kappa shape index (κ2) is 8.64. The molecule has 0 spiro atoms. The molecule has 0 aliphatic heterocycles. The van der Waals surface area contributed by atoms with Crippen molar-refractivity contribution in [2.24, 2.45) is 11.6 Å². The van der Waals surface area contributed by atoms with Gasteiger partial charge in [0.2, 0.25) is 0 Å². The maximum atomic E-state index is 10.2. The molecule has 0 saturated heterocycles. The van der Waals surface area contributed by atoms with Crippen molar-refractivity contribution in [3.63, 3.8) is 0 Å². The van der Waals surface area contributed by atoms with Crippen molar-refractivity contribution in [1.82, 2.24) is 5.01 Å². The molecule has 2 atom stereocenters. The number of ether oxygens (including phenoxy) is 1. The summed E-state index contributed by atoms with van der Waals surface area (Å²) in [6.45, 7) is 0.860. The Morgan fingerprint density at radius 3 is 2.30 bits per heavy atom. The van der Waals surface area contributed by atoms with Crippen LogP contribution in [-0.4, -0.2) is 35.9 Å². The molecule has 23 heavy (non-hydrogen) atoms. The predicted octanol–water partition coefficient (Wildman–Crippen LogP) is 1.30. The van der Waals surface area contributed by atoms with Gasteiger partial charge in [-0.15, -0.1) is 0 Å². The molecule has 5 nitrogen and oxygen atoms in total. The molecule has 0 radical (unpaired) electrons. The average Bonchev–Trinajstić information content (AvgIpc) is 2.56. The molecule has 0 heterocycles. The number of hydrogen-bond acceptors (Lipinski definition) is 5. The van der Waals surface area contributed by atoms with Gasteiger partial charge in [0, 0.05) is 19.1 Å². The topological polar surface area (TPSA) is 84.7 Å². The van der Waals surface area contributed by atoms with Gasteiger partial charge in [-0.1, -0.05) is 42.5 Å². The Morgan fingerprint density at radius 1 is 1.04 bits per heavy atom. The Labute approximate surface area is 137 Å². The van der Waals surface area contributed by atoms with E-state index in [9.17, 15) is 5.11 Å². The minimum Gasteiger partial charge on any atom is -0.497 e. The van der Waals surface area contributed by atoms with E-state index in [2.05, 4.69) is 0 Å². The van der Waals surface area contributed by atoms with E-state index in [1.54, 1.807) is 12.1 Å². The Kier molecular flexibility index (Phi) is 6.55. The molecule has 0 aromatic heterocycles. The number of aliphatic hydroxyl groups is 1. The molecule has 5 N–H and O–H groups in total. The van der Waals surface area contributed by atoms with E-state index >= 15 is 0 Å². The second-order valence-corrected chi connectivity index (χ2v) is 5.70. The lowest BCUT2D eigenvalue weighted by atomic mass is 10.0. The zero-order valence-electron chi connectivity index (χ0n) is 13.4. The van der Waals surface area contributed by atoms with Crippen LogP contribution in [0.3, 0.4) is 0 Å². The minimum atomic E-state index is -0.682. The zero-order valence-corrected chi connectivity index (χ0v) is 13.4. The smallest absolute Gasteiger partial charge is 0.118 e. The van der Waals surface area contributed by atoms with Gasteiger partial charge in [-0.25, -0.2) is 5.01 Å². The van der Waals surface area contributed by atoms with Gasteiger partial charge in [0.25, 0.3) is 0 Å². The predicted molar refractivity (Wildman–Crippen MR) is 91.7 cm³/mol. The first-order valence-corrected chi connectivity index (χ1v) is 7.68. The van der Waals surface area contributed by atoms with Crippen molar-refractivity contribution >= 4 is 0 Å². The molecule has 2 aromatic carbocycles. The van der Waals surface area contributed by atoms with Crippen molar-refractivity contribution in [2.45, 2.75) is 25.1 Å². The normalized spacial score (nSPS) is 13.8. The van der Waals surface area contributed by atoms with Gasteiger partial charge >= 0.3 is 0 Å². The SMILES string of the molecule is COc1ccc(CN(N)C[C@H](O)[C@@H](N)Cc2ccccc2)cc1. The fourth-order valence-corrected chi connectivity index (χ4v) is 2.43. The van der Waals surface area contributed by atoms with Crippen molar-refractivity contribution in [3.8, 4) is 5.75 Å². The molecule has 2 aromatic rings. The summed E-state index contributed by atoms with van der Waals surface area (Å²) in [4.78, 5) is 0.